The van der Waals surface area contributed by atoms with Crippen LogP contribution in [0, 0.1) is 0 Å². The zero-order valence-electron chi connectivity index (χ0n) is 14.0. The van der Waals surface area contributed by atoms with Gasteiger partial charge in [0.05, 0.1) is 17.5 Å². The van der Waals surface area contributed by atoms with Crippen molar-refractivity contribution in [3.8, 4) is 5.75 Å². The number of imide groups is 1. The Balaban J connectivity index is 1.98. The largest absolute Gasteiger partial charge is 0.492 e. The van der Waals surface area contributed by atoms with Crippen LogP contribution >= 0.6 is 23.1 Å². The van der Waals surface area contributed by atoms with Crippen molar-refractivity contribution in [1.82, 2.24) is 20.8 Å². The molecule has 3 N–H and O–H groups in total. The average molecular weight is 381 g/mol. The fourth-order valence-electron chi connectivity index (χ4n) is 1.76. The molecule has 0 aliphatic carbocycles. The minimum atomic E-state index is -0.537. The molecule has 0 aliphatic rings. The summed E-state index contributed by atoms with van der Waals surface area (Å²) in [7, 11) is 1.45. The summed E-state index contributed by atoms with van der Waals surface area (Å²) in [5, 5.41) is 16.0. The Morgan fingerprint density at radius 3 is 2.80 bits per heavy atom. The molecule has 1 atom stereocenters. The molecule has 1 heterocycles. The summed E-state index contributed by atoms with van der Waals surface area (Å²) in [6, 6.07) is 7.01. The quantitative estimate of drug-likeness (QED) is 0.633. The van der Waals surface area contributed by atoms with E-state index in [-0.39, 0.29) is 0 Å². The zero-order valence-corrected chi connectivity index (χ0v) is 15.7. The molecule has 1 aromatic carbocycles. The van der Waals surface area contributed by atoms with Gasteiger partial charge in [0.2, 0.25) is 11.0 Å². The second-order valence-corrected chi connectivity index (χ2v) is 7.32. The molecule has 0 spiro atoms. The fourth-order valence-corrected chi connectivity index (χ4v) is 3.66. The van der Waals surface area contributed by atoms with Crippen LogP contribution in [0.15, 0.2) is 28.6 Å². The molecule has 134 valence electrons. The smallest absolute Gasteiger partial charge is 0.321 e. The number of carbonyl (C=O) groups excluding carboxylic acids is 2. The zero-order chi connectivity index (χ0) is 18.2. The third-order valence-electron chi connectivity index (χ3n) is 2.95. The maximum absolute atomic E-state index is 11.9. The normalized spacial score (nSPS) is 11.5. The van der Waals surface area contributed by atoms with Gasteiger partial charge in [-0.3, -0.25) is 10.1 Å². The molecule has 0 aliphatic heterocycles. The number of anilines is 2. The van der Waals surface area contributed by atoms with Crippen LogP contribution in [0.25, 0.3) is 0 Å². The number of hydrogen-bond acceptors (Lipinski definition) is 8. The number of nitrogens with zero attached hydrogens (tertiary/aromatic N) is 2. The first-order valence-electron chi connectivity index (χ1n) is 7.55. The topological polar surface area (TPSA) is 105 Å². The molecule has 1 aromatic heterocycles. The van der Waals surface area contributed by atoms with E-state index in [1.165, 1.54) is 30.1 Å². The van der Waals surface area contributed by atoms with Crippen LogP contribution in [0.1, 0.15) is 13.8 Å². The van der Waals surface area contributed by atoms with Crippen molar-refractivity contribution < 1.29 is 14.3 Å². The fraction of sp³-hybridized carbons (Fsp3) is 0.333. The number of ether oxygens (including phenoxy) is 1. The molecule has 10 heteroatoms. The summed E-state index contributed by atoms with van der Waals surface area (Å²) < 4.78 is 6.18. The minimum absolute atomic E-state index is 0.393. The van der Waals surface area contributed by atoms with E-state index in [4.69, 9.17) is 4.74 Å². The number of nitrogens with one attached hydrogen (secondary N) is 3. The monoisotopic (exact) mass is 381 g/mol. The van der Waals surface area contributed by atoms with Crippen molar-refractivity contribution in [3.63, 3.8) is 0 Å². The highest BCUT2D eigenvalue weighted by molar-refractivity contribution is 8.02. The molecule has 8 nitrogen and oxygen atoms in total. The van der Waals surface area contributed by atoms with Gasteiger partial charge in [-0.25, -0.2) is 4.79 Å². The first kappa shape index (κ1) is 19.0. The predicted octanol–water partition coefficient (Wildman–Crippen LogP) is 2.62. The summed E-state index contributed by atoms with van der Waals surface area (Å²) >= 11 is 2.55. The van der Waals surface area contributed by atoms with E-state index in [0.717, 1.165) is 11.4 Å². The molecule has 2 rings (SSSR count). The maximum Gasteiger partial charge on any atom is 0.321 e. The van der Waals surface area contributed by atoms with Gasteiger partial charge < -0.3 is 15.4 Å². The molecule has 0 fully saturated rings. The van der Waals surface area contributed by atoms with E-state index in [1.54, 1.807) is 6.92 Å². The lowest BCUT2D eigenvalue weighted by Crippen LogP contribution is -2.41. The molecule has 0 radical (unpaired) electrons. The highest BCUT2D eigenvalue weighted by Crippen LogP contribution is 2.33. The number of aromatic nitrogens is 2. The van der Waals surface area contributed by atoms with Crippen molar-refractivity contribution in [1.29, 1.82) is 0 Å². The van der Waals surface area contributed by atoms with Gasteiger partial charge in [0, 0.05) is 7.05 Å². The number of amides is 3. The summed E-state index contributed by atoms with van der Waals surface area (Å²) in [6.45, 7) is 4.18. The summed E-state index contributed by atoms with van der Waals surface area (Å²) in [4.78, 5) is 23.0. The third-order valence-corrected chi connectivity index (χ3v) is 4.97. The van der Waals surface area contributed by atoms with E-state index in [0.29, 0.717) is 16.1 Å². The second kappa shape index (κ2) is 9.23. The lowest BCUT2D eigenvalue weighted by atomic mass is 10.3. The van der Waals surface area contributed by atoms with Crippen LogP contribution < -0.4 is 20.7 Å². The molecular weight excluding hydrogens is 362 g/mol. The highest BCUT2D eigenvalue weighted by Gasteiger charge is 2.19. The van der Waals surface area contributed by atoms with Crippen LogP contribution in [0.2, 0.25) is 0 Å². The predicted molar refractivity (Wildman–Crippen MR) is 98.7 cm³/mol. The van der Waals surface area contributed by atoms with Crippen LogP contribution in [0.4, 0.5) is 15.6 Å². The van der Waals surface area contributed by atoms with Crippen molar-refractivity contribution in [2.45, 2.75) is 23.4 Å². The second-order valence-electron chi connectivity index (χ2n) is 4.76. The summed E-state index contributed by atoms with van der Waals surface area (Å²) in [6.07, 6.45) is 0. The number of urea groups is 1. The number of hydrogen-bond donors (Lipinski definition) is 3. The van der Waals surface area contributed by atoms with Gasteiger partial charge in [-0.05, 0) is 26.0 Å². The van der Waals surface area contributed by atoms with E-state index in [2.05, 4.69) is 26.1 Å². The van der Waals surface area contributed by atoms with Gasteiger partial charge in [0.1, 0.15) is 5.75 Å². The summed E-state index contributed by atoms with van der Waals surface area (Å²) in [5.41, 5.74) is 0.794. The van der Waals surface area contributed by atoms with Crippen molar-refractivity contribution in [3.05, 3.63) is 24.3 Å². The standard InChI is InChI=1S/C15H19N5O3S2/c1-4-23-11-8-6-5-7-10(11)17-14-19-20-15(25-14)24-9(2)12(21)18-13(22)16-3/h5-9H,4H2,1-3H3,(H,17,19)(H2,16,18,21,22). The first-order valence-corrected chi connectivity index (χ1v) is 9.24. The van der Waals surface area contributed by atoms with Gasteiger partial charge in [0.15, 0.2) is 4.34 Å². The Bertz CT molecular complexity index is 737. The number of benzene rings is 1. The maximum atomic E-state index is 11.9. The molecule has 1 unspecified atom stereocenters. The lowest BCUT2D eigenvalue weighted by Gasteiger charge is -2.09. The number of para-hydroxylation sites is 2. The summed E-state index contributed by atoms with van der Waals surface area (Å²) in [5.74, 6) is 0.337. The number of carbonyl (C=O) groups is 2. The van der Waals surface area contributed by atoms with Crippen molar-refractivity contribution >= 4 is 45.9 Å². The van der Waals surface area contributed by atoms with Gasteiger partial charge in [-0.1, -0.05) is 35.2 Å². The van der Waals surface area contributed by atoms with Gasteiger partial charge in [0.25, 0.3) is 0 Å². The Morgan fingerprint density at radius 1 is 1.32 bits per heavy atom. The van der Waals surface area contributed by atoms with Crippen molar-refractivity contribution in [2.75, 3.05) is 19.0 Å². The molecule has 0 saturated heterocycles. The van der Waals surface area contributed by atoms with E-state index in [9.17, 15) is 9.59 Å². The molecule has 25 heavy (non-hydrogen) atoms. The van der Waals surface area contributed by atoms with E-state index >= 15 is 0 Å². The molecule has 0 bridgehead atoms. The highest BCUT2D eigenvalue weighted by atomic mass is 32.2. The Kier molecular flexibility index (Phi) is 7.02. The van der Waals surface area contributed by atoms with Crippen LogP contribution in [-0.4, -0.2) is 41.0 Å². The van der Waals surface area contributed by atoms with Crippen LogP contribution in [0.3, 0.4) is 0 Å². The Morgan fingerprint density at radius 2 is 2.08 bits per heavy atom. The van der Waals surface area contributed by atoms with E-state index < -0.39 is 17.2 Å². The molecule has 2 aromatic rings. The Labute approximate surface area is 153 Å². The molecular formula is C15H19N5O3S2. The number of thioether (sulfide) groups is 1. The van der Waals surface area contributed by atoms with E-state index in [1.807, 2.05) is 31.2 Å². The average Bonchev–Trinajstić information content (AvgIpc) is 3.03. The van der Waals surface area contributed by atoms with Gasteiger partial charge in [-0.2, -0.15) is 0 Å². The number of rotatable bonds is 7. The van der Waals surface area contributed by atoms with Gasteiger partial charge >= 0.3 is 6.03 Å². The third kappa shape index (κ3) is 5.61. The van der Waals surface area contributed by atoms with Crippen molar-refractivity contribution in [2.24, 2.45) is 0 Å². The lowest BCUT2D eigenvalue weighted by molar-refractivity contribution is -0.119. The Hall–Kier alpha value is -2.33. The first-order chi connectivity index (χ1) is 12.0. The SMILES string of the molecule is CCOc1ccccc1Nc1nnc(SC(C)C(=O)NC(=O)NC)s1. The van der Waals surface area contributed by atoms with Gasteiger partial charge in [-0.15, -0.1) is 10.2 Å². The molecule has 3 amide bonds. The minimum Gasteiger partial charge on any atom is -0.492 e. The van der Waals surface area contributed by atoms with Crippen LogP contribution in [-0.2, 0) is 4.79 Å². The van der Waals surface area contributed by atoms with Crippen LogP contribution in [0.5, 0.6) is 5.75 Å². The molecule has 0 saturated carbocycles.